The predicted molar refractivity (Wildman–Crippen MR) is 141 cm³/mol. The molecule has 0 radical (unpaired) electrons. The highest BCUT2D eigenvalue weighted by Gasteiger charge is 2.33. The number of amides is 1. The largest absolute Gasteiger partial charge is 0.326 e. The lowest BCUT2D eigenvalue weighted by Gasteiger charge is -2.31. The summed E-state index contributed by atoms with van der Waals surface area (Å²) in [6.07, 6.45) is 3.87. The number of halogens is 2. The fourth-order valence-corrected chi connectivity index (χ4v) is 7.98. The molecule has 0 aromatic heterocycles. The van der Waals surface area contributed by atoms with Crippen molar-refractivity contribution in [2.45, 2.75) is 42.8 Å². The topological polar surface area (TPSA) is 104 Å². The maximum Gasteiger partial charge on any atom is 0.243 e. The zero-order valence-electron chi connectivity index (χ0n) is 19.7. The highest BCUT2D eigenvalue weighted by atomic mass is 35.5. The molecule has 196 valence electrons. The van der Waals surface area contributed by atoms with Gasteiger partial charge in [0, 0.05) is 31.9 Å². The van der Waals surface area contributed by atoms with Gasteiger partial charge in [0.15, 0.2) is 0 Å². The van der Waals surface area contributed by atoms with Crippen LogP contribution in [-0.2, 0) is 30.6 Å². The van der Waals surface area contributed by atoms with Gasteiger partial charge in [-0.1, -0.05) is 35.7 Å². The second kappa shape index (κ2) is 11.4. The van der Waals surface area contributed by atoms with Crippen molar-refractivity contribution in [1.82, 2.24) is 8.61 Å². The van der Waals surface area contributed by atoms with Gasteiger partial charge >= 0.3 is 0 Å². The number of rotatable bonds is 7. The zero-order chi connectivity index (χ0) is 25.9. The molecule has 0 aliphatic carbocycles. The molecule has 2 aliphatic rings. The normalized spacial score (nSPS) is 20.2. The van der Waals surface area contributed by atoms with Crippen LogP contribution in [0.25, 0.3) is 0 Å². The molecule has 1 amide bonds. The average Bonchev–Trinajstić information content (AvgIpc) is 2.87. The molecule has 2 aliphatic heterocycles. The molecule has 2 aromatic carbocycles. The van der Waals surface area contributed by atoms with Gasteiger partial charge in [0.1, 0.15) is 0 Å². The smallest absolute Gasteiger partial charge is 0.243 e. The molecular formula is C24H29Cl2N3O5S2. The summed E-state index contributed by atoms with van der Waals surface area (Å²) in [6, 6.07) is 10.8. The molecule has 8 nitrogen and oxygen atoms in total. The molecule has 1 atom stereocenters. The second-order valence-corrected chi connectivity index (χ2v) is 13.9. The third-order valence-corrected chi connectivity index (χ3v) is 11.0. The van der Waals surface area contributed by atoms with Crippen molar-refractivity contribution >= 4 is 54.8 Å². The molecular weight excluding hydrogens is 545 g/mol. The molecule has 0 spiro atoms. The number of sulfonamides is 2. The first-order chi connectivity index (χ1) is 17.1. The van der Waals surface area contributed by atoms with Crippen molar-refractivity contribution in [2.24, 2.45) is 5.92 Å². The van der Waals surface area contributed by atoms with E-state index in [1.807, 2.05) is 0 Å². The van der Waals surface area contributed by atoms with Crippen molar-refractivity contribution in [3.63, 3.8) is 0 Å². The van der Waals surface area contributed by atoms with Crippen LogP contribution < -0.4 is 5.32 Å². The second-order valence-electron chi connectivity index (χ2n) is 9.18. The van der Waals surface area contributed by atoms with Crippen LogP contribution in [0, 0.1) is 5.92 Å². The van der Waals surface area contributed by atoms with Crippen molar-refractivity contribution in [2.75, 3.05) is 31.5 Å². The summed E-state index contributed by atoms with van der Waals surface area (Å²) in [5.74, 6) is -1.04. The molecule has 4 rings (SSSR count). The van der Waals surface area contributed by atoms with E-state index in [4.69, 9.17) is 23.2 Å². The monoisotopic (exact) mass is 573 g/mol. The number of anilines is 1. The van der Waals surface area contributed by atoms with Crippen LogP contribution in [-0.4, -0.2) is 57.5 Å². The Bertz CT molecular complexity index is 1310. The van der Waals surface area contributed by atoms with Crippen molar-refractivity contribution in [3.8, 4) is 0 Å². The SMILES string of the molecule is O=C(Nc1ccc(S(=O)(=O)N2CCCCC2)cc1)[C@@H]1CCCN(S(=O)(=O)Cc2ccc(Cl)c(Cl)c2)C1. The number of carbonyl (C=O) groups excluding carboxylic acids is 1. The molecule has 0 unspecified atom stereocenters. The maximum atomic E-state index is 13.0. The van der Waals surface area contributed by atoms with Gasteiger partial charge in [-0.05, 0) is 67.6 Å². The van der Waals surface area contributed by atoms with Crippen molar-refractivity contribution < 1.29 is 21.6 Å². The van der Waals surface area contributed by atoms with E-state index < -0.39 is 26.0 Å². The fraction of sp³-hybridized carbons (Fsp3) is 0.458. The summed E-state index contributed by atoms with van der Waals surface area (Å²) in [5, 5.41) is 3.44. The van der Waals surface area contributed by atoms with Gasteiger partial charge in [0.2, 0.25) is 26.0 Å². The van der Waals surface area contributed by atoms with Crippen LogP contribution in [0.5, 0.6) is 0 Å². The van der Waals surface area contributed by atoms with Crippen LogP contribution in [0.2, 0.25) is 10.0 Å². The summed E-state index contributed by atoms with van der Waals surface area (Å²) in [6.45, 7) is 1.47. The summed E-state index contributed by atoms with van der Waals surface area (Å²) in [7, 11) is -7.21. The minimum atomic E-state index is -3.66. The number of hydrogen-bond acceptors (Lipinski definition) is 5. The molecule has 36 heavy (non-hydrogen) atoms. The summed E-state index contributed by atoms with van der Waals surface area (Å²) in [4.78, 5) is 13.1. The van der Waals surface area contributed by atoms with E-state index in [0.29, 0.717) is 48.7 Å². The van der Waals surface area contributed by atoms with E-state index >= 15 is 0 Å². The first-order valence-electron chi connectivity index (χ1n) is 11.9. The standard InChI is InChI=1S/C24H29Cl2N3O5S2/c25-22-11-6-18(15-23(22)26)17-35(31,32)29-14-4-5-19(16-29)24(30)27-20-7-9-21(10-8-20)36(33,34)28-12-2-1-3-13-28/h6-11,15,19H,1-5,12-14,16-17H2,(H,27,30)/t19-/m1/s1. The van der Waals surface area contributed by atoms with E-state index in [2.05, 4.69) is 5.32 Å². The Morgan fingerprint density at radius 1 is 0.861 bits per heavy atom. The first kappa shape index (κ1) is 27.3. The Morgan fingerprint density at radius 3 is 2.19 bits per heavy atom. The lowest BCUT2D eigenvalue weighted by molar-refractivity contribution is -0.120. The minimum absolute atomic E-state index is 0.0803. The Balaban J connectivity index is 1.38. The minimum Gasteiger partial charge on any atom is -0.326 e. The summed E-state index contributed by atoms with van der Waals surface area (Å²) < 4.78 is 54.5. The molecule has 12 heteroatoms. The number of hydrogen-bond donors (Lipinski definition) is 1. The molecule has 2 heterocycles. The van der Waals surface area contributed by atoms with E-state index in [1.165, 1.54) is 26.8 Å². The zero-order valence-corrected chi connectivity index (χ0v) is 22.8. The molecule has 2 aromatic rings. The Kier molecular flexibility index (Phi) is 8.63. The van der Waals surface area contributed by atoms with Crippen LogP contribution in [0.15, 0.2) is 47.4 Å². The first-order valence-corrected chi connectivity index (χ1v) is 15.7. The molecule has 0 saturated carbocycles. The van der Waals surface area contributed by atoms with Crippen LogP contribution in [0.1, 0.15) is 37.7 Å². The van der Waals surface area contributed by atoms with Gasteiger partial charge in [0.25, 0.3) is 0 Å². The number of benzene rings is 2. The van der Waals surface area contributed by atoms with Crippen molar-refractivity contribution in [3.05, 3.63) is 58.1 Å². The van der Waals surface area contributed by atoms with E-state index in [-0.39, 0.29) is 28.1 Å². The van der Waals surface area contributed by atoms with Gasteiger partial charge in [-0.25, -0.2) is 21.1 Å². The Labute approximate surface area is 222 Å². The molecule has 1 N–H and O–H groups in total. The number of nitrogens with one attached hydrogen (secondary N) is 1. The summed E-state index contributed by atoms with van der Waals surface area (Å²) >= 11 is 11.9. The molecule has 0 bridgehead atoms. The quantitative estimate of drug-likeness (QED) is 0.530. The fourth-order valence-electron chi connectivity index (χ4n) is 4.55. The van der Waals surface area contributed by atoms with Crippen LogP contribution >= 0.6 is 23.2 Å². The third kappa shape index (κ3) is 6.41. The Morgan fingerprint density at radius 2 is 1.53 bits per heavy atom. The van der Waals surface area contributed by atoms with E-state index in [9.17, 15) is 21.6 Å². The van der Waals surface area contributed by atoms with E-state index in [1.54, 1.807) is 24.3 Å². The lowest BCUT2D eigenvalue weighted by Crippen LogP contribution is -2.44. The van der Waals surface area contributed by atoms with Gasteiger partial charge < -0.3 is 5.32 Å². The highest BCUT2D eigenvalue weighted by molar-refractivity contribution is 7.89. The lowest BCUT2D eigenvalue weighted by atomic mass is 9.99. The number of nitrogens with zero attached hydrogens (tertiary/aromatic N) is 2. The van der Waals surface area contributed by atoms with Gasteiger partial charge in [-0.3, -0.25) is 4.79 Å². The van der Waals surface area contributed by atoms with Gasteiger partial charge in [0.05, 0.1) is 26.6 Å². The van der Waals surface area contributed by atoms with Gasteiger partial charge in [-0.15, -0.1) is 0 Å². The van der Waals surface area contributed by atoms with Crippen LogP contribution in [0.3, 0.4) is 0 Å². The maximum absolute atomic E-state index is 13.0. The molecule has 2 saturated heterocycles. The molecule has 2 fully saturated rings. The average molecular weight is 575 g/mol. The number of piperidine rings is 2. The van der Waals surface area contributed by atoms with Gasteiger partial charge in [-0.2, -0.15) is 4.31 Å². The van der Waals surface area contributed by atoms with Crippen LogP contribution in [0.4, 0.5) is 5.69 Å². The summed E-state index contributed by atoms with van der Waals surface area (Å²) in [5.41, 5.74) is 0.990. The third-order valence-electron chi connectivity index (χ3n) is 6.56. The highest BCUT2D eigenvalue weighted by Crippen LogP contribution is 2.27. The van der Waals surface area contributed by atoms with E-state index in [0.717, 1.165) is 19.3 Å². The number of carbonyl (C=O) groups is 1. The Hall–Kier alpha value is -1.69. The predicted octanol–water partition coefficient (Wildman–Crippen LogP) is 4.35. The van der Waals surface area contributed by atoms with Crippen molar-refractivity contribution in [1.29, 1.82) is 0 Å².